The number of hydrogen-bond acceptors (Lipinski definition) is 2. The molecule has 0 radical (unpaired) electrons. The van der Waals surface area contributed by atoms with Gasteiger partial charge >= 0.3 is 0 Å². The zero-order valence-corrected chi connectivity index (χ0v) is 11.1. The Bertz CT molecular complexity index is 352. The minimum absolute atomic E-state index is 0.521. The number of benzene rings is 1. The summed E-state index contributed by atoms with van der Waals surface area (Å²) in [7, 11) is 2.19. The van der Waals surface area contributed by atoms with Crippen LogP contribution in [0.2, 0.25) is 0 Å². The Balaban J connectivity index is 1.97. The molecule has 0 heterocycles. The van der Waals surface area contributed by atoms with Gasteiger partial charge in [0.15, 0.2) is 0 Å². The number of aryl methyl sites for hydroxylation is 1. The van der Waals surface area contributed by atoms with Crippen molar-refractivity contribution in [1.82, 2.24) is 0 Å². The first-order valence-electron chi connectivity index (χ1n) is 6.69. The minimum atomic E-state index is 0.521. The Hall–Kier alpha value is -1.02. The molecule has 0 atom stereocenters. The molecule has 2 heteroatoms. The maximum Gasteiger partial charge on any atom is 0.0363 e. The quantitative estimate of drug-likeness (QED) is 0.817. The van der Waals surface area contributed by atoms with Crippen LogP contribution in [0.15, 0.2) is 24.3 Å². The van der Waals surface area contributed by atoms with Gasteiger partial charge in [-0.05, 0) is 55.3 Å². The van der Waals surface area contributed by atoms with E-state index in [-0.39, 0.29) is 0 Å². The zero-order valence-electron chi connectivity index (χ0n) is 11.1. The predicted octanol–water partition coefficient (Wildman–Crippen LogP) is 2.81. The topological polar surface area (TPSA) is 29.3 Å². The second kappa shape index (κ2) is 5.09. The van der Waals surface area contributed by atoms with Gasteiger partial charge in [0.1, 0.15) is 0 Å². The third-order valence-corrected chi connectivity index (χ3v) is 3.99. The fourth-order valence-electron chi connectivity index (χ4n) is 2.55. The molecule has 1 aliphatic carbocycles. The molecule has 0 bridgehead atoms. The maximum atomic E-state index is 5.69. The number of anilines is 1. The highest BCUT2D eigenvalue weighted by molar-refractivity contribution is 5.47. The molecule has 1 aromatic rings. The van der Waals surface area contributed by atoms with Gasteiger partial charge in [0.25, 0.3) is 0 Å². The van der Waals surface area contributed by atoms with Crippen molar-refractivity contribution in [3.8, 4) is 0 Å². The van der Waals surface area contributed by atoms with Crippen LogP contribution in [-0.4, -0.2) is 20.1 Å². The smallest absolute Gasteiger partial charge is 0.0363 e. The first kappa shape index (κ1) is 12.4. The number of nitrogens with two attached hydrogens (primary N) is 1. The Morgan fingerprint density at radius 3 is 2.35 bits per heavy atom. The van der Waals surface area contributed by atoms with E-state index in [1.807, 2.05) is 0 Å². The summed E-state index contributed by atoms with van der Waals surface area (Å²) in [6, 6.07) is 8.93. The molecular weight excluding hydrogens is 208 g/mol. The molecule has 2 nitrogen and oxygen atoms in total. The van der Waals surface area contributed by atoms with Crippen molar-refractivity contribution in [2.75, 3.05) is 25.0 Å². The summed E-state index contributed by atoms with van der Waals surface area (Å²) in [5, 5.41) is 0. The molecule has 0 saturated heterocycles. The Morgan fingerprint density at radius 1 is 1.24 bits per heavy atom. The van der Waals surface area contributed by atoms with Crippen LogP contribution < -0.4 is 10.6 Å². The van der Waals surface area contributed by atoms with E-state index >= 15 is 0 Å². The molecule has 2 rings (SSSR count). The SMILES string of the molecule is CCc1ccc(N(C)CC2(CCN)CC2)cc1. The van der Waals surface area contributed by atoms with Crippen LogP contribution in [0.3, 0.4) is 0 Å². The molecular formula is C15H24N2. The van der Waals surface area contributed by atoms with Crippen molar-refractivity contribution in [2.24, 2.45) is 11.1 Å². The Kier molecular flexibility index (Phi) is 3.72. The van der Waals surface area contributed by atoms with E-state index < -0.39 is 0 Å². The van der Waals surface area contributed by atoms with E-state index in [1.54, 1.807) is 0 Å². The summed E-state index contributed by atoms with van der Waals surface area (Å²) in [6.45, 7) is 4.16. The number of hydrogen-bond donors (Lipinski definition) is 1. The fourth-order valence-corrected chi connectivity index (χ4v) is 2.55. The first-order valence-corrected chi connectivity index (χ1v) is 6.69. The van der Waals surface area contributed by atoms with Crippen LogP contribution in [-0.2, 0) is 6.42 Å². The lowest BCUT2D eigenvalue weighted by Gasteiger charge is -2.25. The second-order valence-corrected chi connectivity index (χ2v) is 5.41. The highest BCUT2D eigenvalue weighted by Gasteiger charge is 2.42. The van der Waals surface area contributed by atoms with Crippen LogP contribution in [0, 0.1) is 5.41 Å². The van der Waals surface area contributed by atoms with Crippen LogP contribution >= 0.6 is 0 Å². The molecule has 0 unspecified atom stereocenters. The average Bonchev–Trinajstić information content (AvgIpc) is 3.09. The van der Waals surface area contributed by atoms with E-state index in [1.165, 1.54) is 30.5 Å². The summed E-state index contributed by atoms with van der Waals surface area (Å²) in [6.07, 6.45) is 4.98. The Labute approximate surface area is 105 Å². The lowest BCUT2D eigenvalue weighted by atomic mass is 10.0. The van der Waals surface area contributed by atoms with Gasteiger partial charge < -0.3 is 10.6 Å². The Morgan fingerprint density at radius 2 is 1.88 bits per heavy atom. The molecule has 1 aromatic carbocycles. The van der Waals surface area contributed by atoms with E-state index in [2.05, 4.69) is 43.1 Å². The van der Waals surface area contributed by atoms with Gasteiger partial charge in [-0.3, -0.25) is 0 Å². The molecule has 0 spiro atoms. The van der Waals surface area contributed by atoms with Crippen LogP contribution in [0.4, 0.5) is 5.69 Å². The van der Waals surface area contributed by atoms with Gasteiger partial charge in [-0.2, -0.15) is 0 Å². The fraction of sp³-hybridized carbons (Fsp3) is 0.600. The third-order valence-electron chi connectivity index (χ3n) is 3.99. The predicted molar refractivity (Wildman–Crippen MR) is 74.4 cm³/mol. The van der Waals surface area contributed by atoms with Gasteiger partial charge in [-0.1, -0.05) is 19.1 Å². The molecule has 0 aliphatic heterocycles. The van der Waals surface area contributed by atoms with Crippen LogP contribution in [0.1, 0.15) is 31.7 Å². The highest BCUT2D eigenvalue weighted by atomic mass is 15.1. The first-order chi connectivity index (χ1) is 8.19. The van der Waals surface area contributed by atoms with Gasteiger partial charge in [0, 0.05) is 19.3 Å². The van der Waals surface area contributed by atoms with Crippen molar-refractivity contribution in [2.45, 2.75) is 32.6 Å². The lowest BCUT2D eigenvalue weighted by Crippen LogP contribution is -2.28. The summed E-state index contributed by atoms with van der Waals surface area (Å²) in [4.78, 5) is 2.38. The largest absolute Gasteiger partial charge is 0.374 e. The van der Waals surface area contributed by atoms with E-state index in [0.717, 1.165) is 19.5 Å². The molecule has 1 saturated carbocycles. The molecule has 1 aliphatic rings. The van der Waals surface area contributed by atoms with E-state index in [4.69, 9.17) is 5.73 Å². The standard InChI is InChI=1S/C15H24N2/c1-3-13-4-6-14(7-5-13)17(2)12-15(8-9-15)10-11-16/h4-7H,3,8-12,16H2,1-2H3. The normalized spacial score (nSPS) is 16.9. The molecule has 0 aromatic heterocycles. The highest BCUT2D eigenvalue weighted by Crippen LogP contribution is 2.49. The van der Waals surface area contributed by atoms with Gasteiger partial charge in [0.05, 0.1) is 0 Å². The van der Waals surface area contributed by atoms with Gasteiger partial charge in [0.2, 0.25) is 0 Å². The van der Waals surface area contributed by atoms with Crippen LogP contribution in [0.25, 0.3) is 0 Å². The van der Waals surface area contributed by atoms with Crippen molar-refractivity contribution in [3.05, 3.63) is 29.8 Å². The lowest BCUT2D eigenvalue weighted by molar-refractivity contribution is 0.475. The van der Waals surface area contributed by atoms with Crippen LogP contribution in [0.5, 0.6) is 0 Å². The molecule has 0 amide bonds. The maximum absolute atomic E-state index is 5.69. The monoisotopic (exact) mass is 232 g/mol. The van der Waals surface area contributed by atoms with Crippen molar-refractivity contribution in [1.29, 1.82) is 0 Å². The third kappa shape index (κ3) is 3.01. The summed E-state index contributed by atoms with van der Waals surface area (Å²) in [5.41, 5.74) is 8.94. The van der Waals surface area contributed by atoms with Crippen molar-refractivity contribution >= 4 is 5.69 Å². The van der Waals surface area contributed by atoms with Gasteiger partial charge in [-0.25, -0.2) is 0 Å². The van der Waals surface area contributed by atoms with E-state index in [0.29, 0.717) is 5.41 Å². The van der Waals surface area contributed by atoms with E-state index in [9.17, 15) is 0 Å². The second-order valence-electron chi connectivity index (χ2n) is 5.41. The van der Waals surface area contributed by atoms with Gasteiger partial charge in [-0.15, -0.1) is 0 Å². The molecule has 2 N–H and O–H groups in total. The number of nitrogens with zero attached hydrogens (tertiary/aromatic N) is 1. The summed E-state index contributed by atoms with van der Waals surface area (Å²) < 4.78 is 0. The average molecular weight is 232 g/mol. The zero-order chi connectivity index (χ0) is 12.3. The van der Waals surface area contributed by atoms with Crippen molar-refractivity contribution < 1.29 is 0 Å². The van der Waals surface area contributed by atoms with Crippen molar-refractivity contribution in [3.63, 3.8) is 0 Å². The number of rotatable bonds is 6. The molecule has 1 fully saturated rings. The summed E-state index contributed by atoms with van der Waals surface area (Å²) in [5.74, 6) is 0. The summed E-state index contributed by atoms with van der Waals surface area (Å²) >= 11 is 0. The molecule has 17 heavy (non-hydrogen) atoms. The minimum Gasteiger partial charge on any atom is -0.374 e. The molecule has 94 valence electrons.